The standard InChI is InChI=1S/C24H20FNO5/c25-17-7-3-13(4-8-17)19(27)12-31-24(30)14-5-9-18(10-6-14)26-22(28)20-15-1-2-16(11-15)21(20)23(26)29/h3-10,15-16,20-21H,1-2,11-12H2/t15-,16-,20-,21+/m0/s1. The van der Waals surface area contributed by atoms with Gasteiger partial charge in [-0.3, -0.25) is 19.3 Å². The largest absolute Gasteiger partial charge is 0.454 e. The van der Waals surface area contributed by atoms with Gasteiger partial charge < -0.3 is 4.74 Å². The first-order valence-corrected chi connectivity index (χ1v) is 10.4. The van der Waals surface area contributed by atoms with E-state index in [4.69, 9.17) is 4.74 Å². The van der Waals surface area contributed by atoms with Crippen LogP contribution in [0.4, 0.5) is 10.1 Å². The molecule has 7 heteroatoms. The molecule has 2 saturated carbocycles. The minimum absolute atomic E-state index is 0.137. The number of benzene rings is 2. The second-order valence-corrected chi connectivity index (χ2v) is 8.45. The predicted molar refractivity (Wildman–Crippen MR) is 108 cm³/mol. The van der Waals surface area contributed by atoms with Crippen molar-refractivity contribution >= 4 is 29.3 Å². The minimum Gasteiger partial charge on any atom is -0.454 e. The molecule has 3 aliphatic rings. The van der Waals surface area contributed by atoms with Gasteiger partial charge in [0.05, 0.1) is 23.1 Å². The van der Waals surface area contributed by atoms with Crippen LogP contribution in [0.2, 0.25) is 0 Å². The maximum absolute atomic E-state index is 12.9. The second-order valence-electron chi connectivity index (χ2n) is 8.45. The Balaban J connectivity index is 1.24. The number of esters is 1. The minimum atomic E-state index is -0.698. The molecule has 3 fully saturated rings. The van der Waals surface area contributed by atoms with E-state index in [9.17, 15) is 23.6 Å². The van der Waals surface area contributed by atoms with Crippen LogP contribution in [0.5, 0.6) is 0 Å². The van der Waals surface area contributed by atoms with Gasteiger partial charge in [0.25, 0.3) is 0 Å². The van der Waals surface area contributed by atoms with Crippen molar-refractivity contribution in [3.63, 3.8) is 0 Å². The number of fused-ring (bicyclic) bond motifs is 5. The lowest BCUT2D eigenvalue weighted by Crippen LogP contribution is -2.32. The fraction of sp³-hybridized carbons (Fsp3) is 0.333. The van der Waals surface area contributed by atoms with E-state index in [1.54, 1.807) is 12.1 Å². The molecule has 158 valence electrons. The number of anilines is 1. The normalized spacial score (nSPS) is 26.3. The summed E-state index contributed by atoms with van der Waals surface area (Å²) < 4.78 is 18.0. The Labute approximate surface area is 178 Å². The fourth-order valence-electron chi connectivity index (χ4n) is 5.34. The Bertz CT molecular complexity index is 1050. The molecule has 2 aromatic carbocycles. The van der Waals surface area contributed by atoms with Crippen molar-refractivity contribution in [2.75, 3.05) is 11.5 Å². The summed E-state index contributed by atoms with van der Waals surface area (Å²) in [4.78, 5) is 51.4. The molecule has 6 nitrogen and oxygen atoms in total. The molecule has 0 aromatic heterocycles. The number of halogens is 1. The van der Waals surface area contributed by atoms with Crippen molar-refractivity contribution in [2.45, 2.75) is 19.3 Å². The van der Waals surface area contributed by atoms with Crippen LogP contribution in [0, 0.1) is 29.5 Å². The first-order chi connectivity index (χ1) is 14.9. The molecule has 5 rings (SSSR count). The summed E-state index contributed by atoms with van der Waals surface area (Å²) in [7, 11) is 0. The van der Waals surface area contributed by atoms with Crippen molar-refractivity contribution in [2.24, 2.45) is 23.7 Å². The van der Waals surface area contributed by atoms with Crippen LogP contribution in [-0.2, 0) is 14.3 Å². The van der Waals surface area contributed by atoms with Crippen LogP contribution in [0.25, 0.3) is 0 Å². The van der Waals surface area contributed by atoms with Crippen molar-refractivity contribution in [3.05, 3.63) is 65.5 Å². The molecule has 4 atom stereocenters. The summed E-state index contributed by atoms with van der Waals surface area (Å²) in [5, 5.41) is 0. The zero-order valence-corrected chi connectivity index (χ0v) is 16.6. The van der Waals surface area contributed by atoms with E-state index in [-0.39, 0.29) is 34.8 Å². The summed E-state index contributed by atoms with van der Waals surface area (Å²) in [6, 6.07) is 11.0. The maximum atomic E-state index is 12.9. The summed E-state index contributed by atoms with van der Waals surface area (Å²) in [5.41, 5.74) is 0.896. The lowest BCUT2D eigenvalue weighted by atomic mass is 9.81. The number of carbonyl (C=O) groups excluding carboxylic acids is 4. The van der Waals surface area contributed by atoms with Gasteiger partial charge in [0.2, 0.25) is 11.8 Å². The highest BCUT2D eigenvalue weighted by Crippen LogP contribution is 2.56. The molecule has 0 unspecified atom stereocenters. The number of ketones is 1. The molecule has 1 saturated heterocycles. The average molecular weight is 421 g/mol. The number of hydrogen-bond donors (Lipinski definition) is 0. The van der Waals surface area contributed by atoms with E-state index < -0.39 is 24.2 Å². The first-order valence-electron chi connectivity index (χ1n) is 10.4. The summed E-state index contributed by atoms with van der Waals surface area (Å²) >= 11 is 0. The maximum Gasteiger partial charge on any atom is 0.338 e. The van der Waals surface area contributed by atoms with Gasteiger partial charge in [-0.15, -0.1) is 0 Å². The van der Waals surface area contributed by atoms with E-state index >= 15 is 0 Å². The van der Waals surface area contributed by atoms with E-state index in [1.165, 1.54) is 29.2 Å². The Morgan fingerprint density at radius 3 is 2.00 bits per heavy atom. The molecule has 2 bridgehead atoms. The quantitative estimate of drug-likeness (QED) is 0.420. The third-order valence-corrected chi connectivity index (χ3v) is 6.79. The van der Waals surface area contributed by atoms with Gasteiger partial charge >= 0.3 is 5.97 Å². The van der Waals surface area contributed by atoms with E-state index in [2.05, 4.69) is 0 Å². The van der Waals surface area contributed by atoms with Gasteiger partial charge in [-0.25, -0.2) is 9.18 Å². The summed E-state index contributed by atoms with van der Waals surface area (Å²) in [6.45, 7) is -0.471. The van der Waals surface area contributed by atoms with Crippen LogP contribution in [-0.4, -0.2) is 30.2 Å². The highest BCUT2D eigenvalue weighted by atomic mass is 19.1. The number of rotatable bonds is 5. The molecule has 0 spiro atoms. The number of hydrogen-bond acceptors (Lipinski definition) is 5. The molecular formula is C24H20FNO5. The molecular weight excluding hydrogens is 401 g/mol. The average Bonchev–Trinajstić information content (AvgIpc) is 3.46. The van der Waals surface area contributed by atoms with Crippen LogP contribution in [0.3, 0.4) is 0 Å². The van der Waals surface area contributed by atoms with Gasteiger partial charge in [0, 0.05) is 5.56 Å². The predicted octanol–water partition coefficient (Wildman–Crippen LogP) is 3.40. The second kappa shape index (κ2) is 7.41. The van der Waals surface area contributed by atoms with Crippen LogP contribution >= 0.6 is 0 Å². The number of amides is 2. The Morgan fingerprint density at radius 2 is 1.42 bits per heavy atom. The Kier molecular flexibility index (Phi) is 4.68. The number of ether oxygens (including phenoxy) is 1. The van der Waals surface area contributed by atoms with Crippen molar-refractivity contribution in [1.29, 1.82) is 0 Å². The van der Waals surface area contributed by atoms with E-state index in [0.717, 1.165) is 31.4 Å². The fourth-order valence-corrected chi connectivity index (χ4v) is 5.34. The summed E-state index contributed by atoms with van der Waals surface area (Å²) in [6.07, 6.45) is 3.00. The first kappa shape index (κ1) is 19.6. The molecule has 2 aliphatic carbocycles. The van der Waals surface area contributed by atoms with Crippen molar-refractivity contribution in [1.82, 2.24) is 0 Å². The molecule has 0 radical (unpaired) electrons. The van der Waals surface area contributed by atoms with E-state index in [0.29, 0.717) is 17.5 Å². The number of imide groups is 1. The van der Waals surface area contributed by atoms with Gasteiger partial charge in [0.15, 0.2) is 12.4 Å². The smallest absolute Gasteiger partial charge is 0.338 e. The molecule has 2 amide bonds. The highest BCUT2D eigenvalue weighted by Gasteiger charge is 2.61. The molecule has 1 heterocycles. The van der Waals surface area contributed by atoms with E-state index in [1.807, 2.05) is 0 Å². The third-order valence-electron chi connectivity index (χ3n) is 6.79. The van der Waals surface area contributed by atoms with Crippen LogP contribution in [0.1, 0.15) is 40.0 Å². The number of nitrogens with zero attached hydrogens (tertiary/aromatic N) is 1. The van der Waals surface area contributed by atoms with Crippen molar-refractivity contribution in [3.8, 4) is 0 Å². The molecule has 31 heavy (non-hydrogen) atoms. The van der Waals surface area contributed by atoms with Gasteiger partial charge in [-0.05, 0) is 79.6 Å². The highest BCUT2D eigenvalue weighted by molar-refractivity contribution is 6.22. The lowest BCUT2D eigenvalue weighted by Gasteiger charge is -2.19. The topological polar surface area (TPSA) is 80.8 Å². The molecule has 0 N–H and O–H groups in total. The van der Waals surface area contributed by atoms with Crippen molar-refractivity contribution < 1.29 is 28.3 Å². The van der Waals surface area contributed by atoms with Crippen LogP contribution in [0.15, 0.2) is 48.5 Å². The van der Waals surface area contributed by atoms with Gasteiger partial charge in [-0.1, -0.05) is 0 Å². The number of Topliss-reactive ketones (excluding diaryl/α,β-unsaturated/α-hetero) is 1. The monoisotopic (exact) mass is 421 g/mol. The Hall–Kier alpha value is -3.35. The molecule has 1 aliphatic heterocycles. The van der Waals surface area contributed by atoms with Crippen LogP contribution < -0.4 is 4.90 Å². The molecule has 2 aromatic rings. The number of carbonyl (C=O) groups is 4. The summed E-state index contributed by atoms with van der Waals surface area (Å²) in [5.74, 6) is -1.66. The Morgan fingerprint density at radius 1 is 0.871 bits per heavy atom. The lowest BCUT2D eigenvalue weighted by molar-refractivity contribution is -0.123. The zero-order valence-electron chi connectivity index (χ0n) is 16.6. The zero-order chi connectivity index (χ0) is 21.7. The van der Waals surface area contributed by atoms with Gasteiger partial charge in [-0.2, -0.15) is 0 Å². The van der Waals surface area contributed by atoms with Gasteiger partial charge in [0.1, 0.15) is 5.82 Å². The third kappa shape index (κ3) is 3.24. The SMILES string of the molecule is O=C(COC(=O)c1ccc(N2C(=O)[C@@H]3[C@H]4CC[C@@H](C4)[C@@H]3C2=O)cc1)c1ccc(F)cc1.